The van der Waals surface area contributed by atoms with Gasteiger partial charge >= 0.3 is 0 Å². The summed E-state index contributed by atoms with van der Waals surface area (Å²) in [6.07, 6.45) is 1.84. The van der Waals surface area contributed by atoms with Crippen molar-refractivity contribution in [3.05, 3.63) is 40.2 Å². The van der Waals surface area contributed by atoms with Crippen LogP contribution in [0.15, 0.2) is 29.8 Å². The first kappa shape index (κ1) is 12.9. The van der Waals surface area contributed by atoms with Crippen LogP contribution in [-0.2, 0) is 6.54 Å². The molecule has 2 rings (SSSR count). The van der Waals surface area contributed by atoms with Crippen LogP contribution < -0.4 is 10.6 Å². The lowest BCUT2D eigenvalue weighted by Crippen LogP contribution is -2.30. The van der Waals surface area contributed by atoms with Gasteiger partial charge in [-0.2, -0.15) is 0 Å². The largest absolute Gasteiger partial charge is 0.398 e. The number of nitrogen functional groups attached to an aromatic ring is 1. The SMILES string of the molecule is Cc1cnc(N(Cc2cccs2)C(C)C)cc1N. The number of rotatable bonds is 4. The minimum atomic E-state index is 0.390. The van der Waals surface area contributed by atoms with Crippen LogP contribution in [0.4, 0.5) is 11.5 Å². The number of aryl methyl sites for hydroxylation is 1. The summed E-state index contributed by atoms with van der Waals surface area (Å²) in [6.45, 7) is 7.20. The molecule has 2 aromatic heterocycles. The molecule has 2 heterocycles. The Morgan fingerprint density at radius 2 is 2.22 bits per heavy atom. The maximum Gasteiger partial charge on any atom is 0.131 e. The Balaban J connectivity index is 2.26. The Hall–Kier alpha value is -1.55. The van der Waals surface area contributed by atoms with E-state index in [9.17, 15) is 0 Å². The van der Waals surface area contributed by atoms with Crippen LogP contribution in [0.2, 0.25) is 0 Å². The first-order chi connectivity index (χ1) is 8.58. The zero-order valence-electron chi connectivity index (χ0n) is 11.1. The van der Waals surface area contributed by atoms with Gasteiger partial charge in [0.1, 0.15) is 5.82 Å². The first-order valence-corrected chi connectivity index (χ1v) is 6.97. The van der Waals surface area contributed by atoms with Crippen LogP contribution in [0.25, 0.3) is 0 Å². The lowest BCUT2D eigenvalue weighted by Gasteiger charge is -2.27. The highest BCUT2D eigenvalue weighted by Gasteiger charge is 2.13. The third-order valence-corrected chi connectivity index (χ3v) is 3.82. The highest BCUT2D eigenvalue weighted by atomic mass is 32.1. The zero-order valence-corrected chi connectivity index (χ0v) is 11.9. The lowest BCUT2D eigenvalue weighted by molar-refractivity contribution is 0.677. The summed E-state index contributed by atoms with van der Waals surface area (Å²) >= 11 is 1.77. The van der Waals surface area contributed by atoms with Gasteiger partial charge in [-0.15, -0.1) is 11.3 Å². The predicted octanol–water partition coefficient (Wildman–Crippen LogP) is 3.45. The van der Waals surface area contributed by atoms with Crippen molar-refractivity contribution in [2.45, 2.75) is 33.4 Å². The van der Waals surface area contributed by atoms with Crippen molar-refractivity contribution >= 4 is 22.8 Å². The van der Waals surface area contributed by atoms with Crippen LogP contribution >= 0.6 is 11.3 Å². The van der Waals surface area contributed by atoms with Gasteiger partial charge in [0.2, 0.25) is 0 Å². The van der Waals surface area contributed by atoms with Gasteiger partial charge in [0.25, 0.3) is 0 Å². The van der Waals surface area contributed by atoms with Gasteiger partial charge in [0, 0.05) is 28.9 Å². The predicted molar refractivity (Wildman–Crippen MR) is 79.0 cm³/mol. The second-order valence-electron chi connectivity index (χ2n) is 4.70. The number of hydrogen-bond acceptors (Lipinski definition) is 4. The second kappa shape index (κ2) is 5.40. The molecule has 96 valence electrons. The third kappa shape index (κ3) is 2.82. The Labute approximate surface area is 112 Å². The molecule has 0 fully saturated rings. The van der Waals surface area contributed by atoms with Crippen LogP contribution in [0.5, 0.6) is 0 Å². The number of pyridine rings is 1. The fourth-order valence-electron chi connectivity index (χ4n) is 1.78. The van der Waals surface area contributed by atoms with E-state index >= 15 is 0 Å². The number of aromatic nitrogens is 1. The minimum absolute atomic E-state index is 0.390. The van der Waals surface area contributed by atoms with Gasteiger partial charge < -0.3 is 10.6 Å². The molecule has 0 atom stereocenters. The summed E-state index contributed by atoms with van der Waals surface area (Å²) in [5, 5.41) is 2.10. The second-order valence-corrected chi connectivity index (χ2v) is 5.73. The zero-order chi connectivity index (χ0) is 13.1. The summed E-state index contributed by atoms with van der Waals surface area (Å²) in [5.41, 5.74) is 7.80. The molecule has 2 N–H and O–H groups in total. The Morgan fingerprint density at radius 3 is 2.78 bits per heavy atom. The molecule has 0 aliphatic carbocycles. The number of hydrogen-bond donors (Lipinski definition) is 1. The van der Waals surface area contributed by atoms with Crippen LogP contribution in [0.3, 0.4) is 0 Å². The number of nitrogens with zero attached hydrogens (tertiary/aromatic N) is 2. The average molecular weight is 261 g/mol. The monoisotopic (exact) mass is 261 g/mol. The minimum Gasteiger partial charge on any atom is -0.398 e. The maximum atomic E-state index is 5.97. The van der Waals surface area contributed by atoms with Crippen molar-refractivity contribution in [1.29, 1.82) is 0 Å². The molecule has 0 spiro atoms. The van der Waals surface area contributed by atoms with E-state index in [1.807, 2.05) is 19.2 Å². The molecule has 0 aromatic carbocycles. The molecule has 0 aliphatic heterocycles. The highest BCUT2D eigenvalue weighted by molar-refractivity contribution is 7.09. The van der Waals surface area contributed by atoms with E-state index < -0.39 is 0 Å². The standard InChI is InChI=1S/C14H19N3S/c1-10(2)17(9-12-5-4-6-18-12)14-7-13(15)11(3)8-16-14/h4-8,10H,9H2,1-3H3,(H2,15,16). The van der Waals surface area contributed by atoms with Gasteiger partial charge in [-0.25, -0.2) is 4.98 Å². The highest BCUT2D eigenvalue weighted by Crippen LogP contribution is 2.23. The molecule has 0 amide bonds. The fourth-order valence-corrected chi connectivity index (χ4v) is 2.49. The van der Waals surface area contributed by atoms with Crippen LogP contribution in [0.1, 0.15) is 24.3 Å². The topological polar surface area (TPSA) is 42.2 Å². The molecule has 0 aliphatic rings. The summed E-state index contributed by atoms with van der Waals surface area (Å²) in [4.78, 5) is 8.09. The van der Waals surface area contributed by atoms with Crippen LogP contribution in [0, 0.1) is 6.92 Å². The van der Waals surface area contributed by atoms with Crippen molar-refractivity contribution in [1.82, 2.24) is 4.98 Å². The van der Waals surface area contributed by atoms with E-state index in [1.54, 1.807) is 11.3 Å². The first-order valence-electron chi connectivity index (χ1n) is 6.09. The summed E-state index contributed by atoms with van der Waals surface area (Å²) in [6, 6.07) is 6.58. The Bertz CT molecular complexity index is 506. The number of thiophene rings is 1. The fraction of sp³-hybridized carbons (Fsp3) is 0.357. The van der Waals surface area contributed by atoms with Crippen LogP contribution in [-0.4, -0.2) is 11.0 Å². The van der Waals surface area contributed by atoms with E-state index in [1.165, 1.54) is 4.88 Å². The molecule has 0 saturated carbocycles. The summed E-state index contributed by atoms with van der Waals surface area (Å²) < 4.78 is 0. The van der Waals surface area contributed by atoms with Crippen molar-refractivity contribution < 1.29 is 0 Å². The average Bonchev–Trinajstić information content (AvgIpc) is 2.82. The van der Waals surface area contributed by atoms with Gasteiger partial charge in [-0.1, -0.05) is 6.07 Å². The van der Waals surface area contributed by atoms with E-state index in [0.717, 1.165) is 23.6 Å². The third-order valence-electron chi connectivity index (χ3n) is 2.95. The molecular formula is C14H19N3S. The molecule has 4 heteroatoms. The molecule has 0 bridgehead atoms. The number of nitrogens with two attached hydrogens (primary N) is 1. The van der Waals surface area contributed by atoms with E-state index in [4.69, 9.17) is 5.73 Å². The molecule has 0 radical (unpaired) electrons. The quantitative estimate of drug-likeness (QED) is 0.916. The Morgan fingerprint density at radius 1 is 1.44 bits per heavy atom. The van der Waals surface area contributed by atoms with Gasteiger partial charge in [-0.3, -0.25) is 0 Å². The molecular weight excluding hydrogens is 242 g/mol. The lowest BCUT2D eigenvalue weighted by atomic mass is 10.2. The molecule has 2 aromatic rings. The van der Waals surface area contributed by atoms with Crippen molar-refractivity contribution in [3.8, 4) is 0 Å². The van der Waals surface area contributed by atoms with E-state index in [-0.39, 0.29) is 0 Å². The van der Waals surface area contributed by atoms with Gasteiger partial charge in [-0.05, 0) is 37.8 Å². The van der Waals surface area contributed by atoms with E-state index in [2.05, 4.69) is 41.2 Å². The van der Waals surface area contributed by atoms with Crippen molar-refractivity contribution in [2.24, 2.45) is 0 Å². The number of anilines is 2. The molecule has 0 unspecified atom stereocenters. The van der Waals surface area contributed by atoms with Crippen molar-refractivity contribution in [2.75, 3.05) is 10.6 Å². The van der Waals surface area contributed by atoms with Gasteiger partial charge in [0.05, 0.1) is 6.54 Å². The summed E-state index contributed by atoms with van der Waals surface area (Å²) in [5.74, 6) is 0.946. The maximum absolute atomic E-state index is 5.97. The summed E-state index contributed by atoms with van der Waals surface area (Å²) in [7, 11) is 0. The Kier molecular flexibility index (Phi) is 3.87. The molecule has 3 nitrogen and oxygen atoms in total. The molecule has 0 saturated heterocycles. The normalized spacial score (nSPS) is 10.9. The van der Waals surface area contributed by atoms with E-state index in [0.29, 0.717) is 6.04 Å². The van der Waals surface area contributed by atoms with Gasteiger partial charge in [0.15, 0.2) is 0 Å². The molecule has 18 heavy (non-hydrogen) atoms. The smallest absolute Gasteiger partial charge is 0.131 e. The van der Waals surface area contributed by atoms with Crippen molar-refractivity contribution in [3.63, 3.8) is 0 Å².